The van der Waals surface area contributed by atoms with Crippen molar-refractivity contribution in [2.24, 2.45) is 11.7 Å². The minimum atomic E-state index is -0.512. The van der Waals surface area contributed by atoms with Gasteiger partial charge in [-0.1, -0.05) is 13.8 Å². The van der Waals surface area contributed by atoms with E-state index in [1.54, 1.807) is 0 Å². The standard InChI is InChI=1S/C13H18IN3O3.ClH/c1-8(2)13(3,7-15)16-12(18)10-5-4-9(17(19)20)6-11(10)14;/h4-6,8H,7,15H2,1-3H3,(H,16,18);1H. The van der Waals surface area contributed by atoms with E-state index in [1.165, 1.54) is 18.2 Å². The molecule has 0 aromatic heterocycles. The number of carbonyl (C=O) groups is 1. The van der Waals surface area contributed by atoms with Crippen molar-refractivity contribution in [3.05, 3.63) is 37.4 Å². The molecular weight excluding hydrogens is 409 g/mol. The van der Waals surface area contributed by atoms with Gasteiger partial charge in [-0.3, -0.25) is 14.9 Å². The van der Waals surface area contributed by atoms with E-state index >= 15 is 0 Å². The number of non-ortho nitro benzene ring substituents is 1. The summed E-state index contributed by atoms with van der Waals surface area (Å²) in [7, 11) is 0. The van der Waals surface area contributed by atoms with Gasteiger partial charge >= 0.3 is 0 Å². The number of halogens is 2. The van der Waals surface area contributed by atoms with Crippen molar-refractivity contribution in [2.75, 3.05) is 6.54 Å². The Morgan fingerprint density at radius 3 is 2.48 bits per heavy atom. The zero-order valence-corrected chi connectivity index (χ0v) is 15.0. The maximum absolute atomic E-state index is 12.3. The molecule has 0 bridgehead atoms. The molecule has 1 amide bonds. The van der Waals surface area contributed by atoms with Gasteiger partial charge in [0, 0.05) is 22.2 Å². The van der Waals surface area contributed by atoms with Crippen LogP contribution in [0.2, 0.25) is 0 Å². The van der Waals surface area contributed by atoms with Gasteiger partial charge in [0.15, 0.2) is 0 Å². The highest BCUT2D eigenvalue weighted by Crippen LogP contribution is 2.21. The molecule has 0 heterocycles. The van der Waals surface area contributed by atoms with Gasteiger partial charge in [-0.2, -0.15) is 0 Å². The molecule has 0 saturated carbocycles. The predicted octanol–water partition coefficient (Wildman–Crippen LogP) is 2.72. The molecule has 1 rings (SSSR count). The lowest BCUT2D eigenvalue weighted by Gasteiger charge is -2.33. The molecule has 6 nitrogen and oxygen atoms in total. The summed E-state index contributed by atoms with van der Waals surface area (Å²) in [5.41, 5.74) is 5.60. The van der Waals surface area contributed by atoms with E-state index in [2.05, 4.69) is 5.32 Å². The lowest BCUT2D eigenvalue weighted by Crippen LogP contribution is -2.55. The fourth-order valence-corrected chi connectivity index (χ4v) is 2.30. The summed E-state index contributed by atoms with van der Waals surface area (Å²) in [4.78, 5) is 22.5. The molecule has 0 spiro atoms. The highest BCUT2D eigenvalue weighted by atomic mass is 127. The van der Waals surface area contributed by atoms with Crippen molar-refractivity contribution in [2.45, 2.75) is 26.3 Å². The van der Waals surface area contributed by atoms with Gasteiger partial charge in [-0.05, 0) is 41.5 Å². The molecule has 0 aliphatic rings. The van der Waals surface area contributed by atoms with Gasteiger partial charge < -0.3 is 11.1 Å². The Morgan fingerprint density at radius 2 is 2.10 bits per heavy atom. The first-order chi connectivity index (χ1) is 9.21. The van der Waals surface area contributed by atoms with Crippen LogP contribution in [0.15, 0.2) is 18.2 Å². The monoisotopic (exact) mass is 427 g/mol. The average Bonchev–Trinajstić information content (AvgIpc) is 2.37. The molecule has 0 radical (unpaired) electrons. The number of nitro benzene ring substituents is 1. The van der Waals surface area contributed by atoms with Crippen molar-refractivity contribution in [3.8, 4) is 0 Å². The normalized spacial score (nSPS) is 13.2. The Bertz CT molecular complexity index is 539. The Kier molecular flexibility index (Phi) is 7.55. The molecule has 0 fully saturated rings. The van der Waals surface area contributed by atoms with Crippen LogP contribution >= 0.6 is 35.0 Å². The second-order valence-corrected chi connectivity index (χ2v) is 6.31. The number of nitro groups is 1. The fraction of sp³-hybridized carbons (Fsp3) is 0.462. The second-order valence-electron chi connectivity index (χ2n) is 5.15. The molecule has 0 saturated heterocycles. The molecule has 1 atom stereocenters. The predicted molar refractivity (Wildman–Crippen MR) is 92.8 cm³/mol. The summed E-state index contributed by atoms with van der Waals surface area (Å²) in [6.45, 7) is 6.16. The van der Waals surface area contributed by atoms with Crippen LogP contribution in [0.4, 0.5) is 5.69 Å². The Hall–Kier alpha value is -0.930. The van der Waals surface area contributed by atoms with Gasteiger partial charge in [-0.25, -0.2) is 0 Å². The smallest absolute Gasteiger partial charge is 0.270 e. The van der Waals surface area contributed by atoms with Crippen molar-refractivity contribution < 1.29 is 9.72 Å². The summed E-state index contributed by atoms with van der Waals surface area (Å²) >= 11 is 1.92. The van der Waals surface area contributed by atoms with Crippen LogP contribution in [0.3, 0.4) is 0 Å². The van der Waals surface area contributed by atoms with E-state index in [0.717, 1.165) is 0 Å². The van der Waals surface area contributed by atoms with Crippen LogP contribution in [0.25, 0.3) is 0 Å². The number of amides is 1. The van der Waals surface area contributed by atoms with Crippen LogP contribution in [0.5, 0.6) is 0 Å². The number of nitrogens with two attached hydrogens (primary N) is 1. The van der Waals surface area contributed by atoms with E-state index < -0.39 is 10.5 Å². The third-order valence-corrected chi connectivity index (χ3v) is 4.40. The van der Waals surface area contributed by atoms with Gasteiger partial charge in [0.2, 0.25) is 0 Å². The zero-order valence-electron chi connectivity index (χ0n) is 12.1. The van der Waals surface area contributed by atoms with Crippen LogP contribution in [0, 0.1) is 19.6 Å². The van der Waals surface area contributed by atoms with Gasteiger partial charge in [0.25, 0.3) is 11.6 Å². The van der Waals surface area contributed by atoms with Gasteiger partial charge in [-0.15, -0.1) is 12.4 Å². The highest BCUT2D eigenvalue weighted by molar-refractivity contribution is 14.1. The minimum absolute atomic E-state index is 0. The molecule has 1 aromatic rings. The largest absolute Gasteiger partial charge is 0.345 e. The van der Waals surface area contributed by atoms with E-state index in [9.17, 15) is 14.9 Å². The summed E-state index contributed by atoms with van der Waals surface area (Å²) in [5, 5.41) is 13.6. The first kappa shape index (κ1) is 20.1. The van der Waals surface area contributed by atoms with Crippen molar-refractivity contribution >= 4 is 46.6 Å². The molecule has 118 valence electrons. The number of hydrogen-bond donors (Lipinski definition) is 2. The summed E-state index contributed by atoms with van der Waals surface area (Å²) in [6, 6.07) is 4.17. The number of hydrogen-bond acceptors (Lipinski definition) is 4. The maximum Gasteiger partial charge on any atom is 0.270 e. The van der Waals surface area contributed by atoms with Gasteiger partial charge in [0.1, 0.15) is 0 Å². The number of rotatable bonds is 5. The van der Waals surface area contributed by atoms with Gasteiger partial charge in [0.05, 0.1) is 16.0 Å². The SMILES string of the molecule is CC(C)C(C)(CN)NC(=O)c1ccc([N+](=O)[O-])cc1I.Cl. The Labute approximate surface area is 143 Å². The third-order valence-electron chi connectivity index (χ3n) is 3.51. The first-order valence-electron chi connectivity index (χ1n) is 6.18. The highest BCUT2D eigenvalue weighted by Gasteiger charge is 2.29. The number of nitrogens with zero attached hydrogens (tertiary/aromatic N) is 1. The summed E-state index contributed by atoms with van der Waals surface area (Å²) in [6.07, 6.45) is 0. The molecule has 8 heteroatoms. The first-order valence-corrected chi connectivity index (χ1v) is 7.25. The molecule has 0 aliphatic carbocycles. The molecule has 1 aromatic carbocycles. The van der Waals surface area contributed by atoms with Crippen molar-refractivity contribution in [3.63, 3.8) is 0 Å². The Morgan fingerprint density at radius 1 is 1.52 bits per heavy atom. The maximum atomic E-state index is 12.3. The second kappa shape index (κ2) is 7.90. The number of benzene rings is 1. The minimum Gasteiger partial charge on any atom is -0.345 e. The van der Waals surface area contributed by atoms with E-state index in [-0.39, 0.29) is 29.9 Å². The molecule has 21 heavy (non-hydrogen) atoms. The van der Waals surface area contributed by atoms with E-state index in [4.69, 9.17) is 5.73 Å². The number of nitrogens with one attached hydrogen (secondary N) is 1. The van der Waals surface area contributed by atoms with Crippen LogP contribution in [-0.4, -0.2) is 22.9 Å². The quantitative estimate of drug-likeness (QED) is 0.429. The third kappa shape index (κ3) is 4.79. The number of carbonyl (C=O) groups excluding carboxylic acids is 1. The topological polar surface area (TPSA) is 98.3 Å². The van der Waals surface area contributed by atoms with E-state index in [1.807, 2.05) is 43.4 Å². The van der Waals surface area contributed by atoms with Crippen molar-refractivity contribution in [1.29, 1.82) is 0 Å². The zero-order chi connectivity index (χ0) is 15.5. The van der Waals surface area contributed by atoms with Crippen molar-refractivity contribution in [1.82, 2.24) is 5.32 Å². The molecular formula is C13H19ClIN3O3. The van der Waals surface area contributed by atoms with E-state index in [0.29, 0.717) is 15.7 Å². The Balaban J connectivity index is 0.00000400. The molecule has 3 N–H and O–H groups in total. The molecule has 1 unspecified atom stereocenters. The van der Waals surface area contributed by atoms with Crippen LogP contribution in [0.1, 0.15) is 31.1 Å². The average molecular weight is 428 g/mol. The van der Waals surface area contributed by atoms with Crippen LogP contribution in [-0.2, 0) is 0 Å². The molecule has 0 aliphatic heterocycles. The summed E-state index contributed by atoms with van der Waals surface area (Å²) in [5.74, 6) is -0.0990. The fourth-order valence-electron chi connectivity index (χ4n) is 1.56. The summed E-state index contributed by atoms with van der Waals surface area (Å²) < 4.78 is 0.539. The lowest BCUT2D eigenvalue weighted by molar-refractivity contribution is -0.384. The van der Waals surface area contributed by atoms with Crippen LogP contribution < -0.4 is 11.1 Å². The lowest BCUT2D eigenvalue weighted by atomic mass is 9.88.